The Balaban J connectivity index is 0.00000261. The molecule has 0 spiro atoms. The summed E-state index contributed by atoms with van der Waals surface area (Å²) in [4.78, 5) is 2.13. The molecule has 0 aromatic heterocycles. The van der Waals surface area contributed by atoms with Crippen LogP contribution in [0.1, 0.15) is 24.4 Å². The van der Waals surface area contributed by atoms with E-state index in [9.17, 15) is 13.2 Å². The second-order valence-electron chi connectivity index (χ2n) is 6.44. The molecule has 1 N–H and O–H groups in total. The third kappa shape index (κ3) is 6.72. The van der Waals surface area contributed by atoms with Gasteiger partial charge >= 0.3 is 6.18 Å². The molecule has 0 saturated carbocycles. The molecule has 1 fully saturated rings. The zero-order chi connectivity index (χ0) is 18.4. The van der Waals surface area contributed by atoms with E-state index in [0.29, 0.717) is 11.5 Å². The zero-order valence-corrected chi connectivity index (χ0v) is 15.7. The lowest BCUT2D eigenvalue weighted by molar-refractivity contribution is -0.138. The maximum Gasteiger partial charge on any atom is 0.389 e. The van der Waals surface area contributed by atoms with Gasteiger partial charge in [0.15, 0.2) is 0 Å². The predicted octanol–water partition coefficient (Wildman–Crippen LogP) is 5.19. The van der Waals surface area contributed by atoms with Gasteiger partial charge in [0.2, 0.25) is 0 Å². The molecule has 0 bridgehead atoms. The van der Waals surface area contributed by atoms with Crippen molar-refractivity contribution in [3.8, 4) is 11.5 Å². The number of rotatable bonds is 6. The molecule has 0 amide bonds. The number of nitrogens with zero attached hydrogens (tertiary/aromatic N) is 1. The second-order valence-corrected chi connectivity index (χ2v) is 6.44. The van der Waals surface area contributed by atoms with Gasteiger partial charge in [-0.15, -0.1) is 12.4 Å². The van der Waals surface area contributed by atoms with E-state index in [1.54, 1.807) is 0 Å². The smallest absolute Gasteiger partial charge is 0.389 e. The van der Waals surface area contributed by atoms with Crippen LogP contribution in [0.2, 0.25) is 0 Å². The van der Waals surface area contributed by atoms with Crippen LogP contribution in [0.3, 0.4) is 0 Å². The van der Waals surface area contributed by atoms with Gasteiger partial charge in [0.25, 0.3) is 0 Å². The Kier molecular flexibility index (Phi) is 7.95. The molecule has 2 aromatic carbocycles. The first kappa shape index (κ1) is 21.5. The van der Waals surface area contributed by atoms with Gasteiger partial charge in [0.1, 0.15) is 11.5 Å². The number of hydrogen-bond acceptors (Lipinski definition) is 3. The van der Waals surface area contributed by atoms with Crippen LogP contribution in [-0.2, 0) is 0 Å². The number of alkyl halides is 3. The van der Waals surface area contributed by atoms with Crippen LogP contribution in [0.15, 0.2) is 54.6 Å². The molecule has 0 unspecified atom stereocenters. The molecule has 3 nitrogen and oxygen atoms in total. The molecule has 1 saturated heterocycles. The Morgan fingerprint density at radius 3 is 2.30 bits per heavy atom. The Hall–Kier alpha value is -1.76. The maximum atomic E-state index is 12.8. The molecule has 3 rings (SSSR count). The summed E-state index contributed by atoms with van der Waals surface area (Å²) in [7, 11) is 0. The van der Waals surface area contributed by atoms with Crippen LogP contribution in [0.5, 0.6) is 11.5 Å². The van der Waals surface area contributed by atoms with E-state index in [1.165, 1.54) is 0 Å². The van der Waals surface area contributed by atoms with E-state index in [1.807, 2.05) is 54.6 Å². The average Bonchev–Trinajstić information content (AvgIpc) is 2.63. The number of halogens is 4. The van der Waals surface area contributed by atoms with E-state index in [2.05, 4.69) is 10.2 Å². The standard InChI is InChI=1S/C20H23F3N2O.ClH/c21-20(22,23)10-9-19(25-13-11-24-12-14-25)16-5-4-8-18(15-16)26-17-6-2-1-3-7-17;/h1-8,15,19,24H,9-14H2;1H/t19-;/m0./s1. The normalized spacial score (nSPS) is 16.4. The molecular weight excluding hydrogens is 377 g/mol. The number of hydrogen-bond donors (Lipinski definition) is 1. The minimum Gasteiger partial charge on any atom is -0.457 e. The van der Waals surface area contributed by atoms with Gasteiger partial charge in [-0.2, -0.15) is 13.2 Å². The molecule has 1 atom stereocenters. The summed E-state index contributed by atoms with van der Waals surface area (Å²) in [5.41, 5.74) is 0.865. The maximum absolute atomic E-state index is 12.8. The van der Waals surface area contributed by atoms with Crippen molar-refractivity contribution in [2.45, 2.75) is 25.1 Å². The highest BCUT2D eigenvalue weighted by molar-refractivity contribution is 5.85. The van der Waals surface area contributed by atoms with Crippen molar-refractivity contribution in [1.29, 1.82) is 0 Å². The molecule has 148 valence electrons. The summed E-state index contributed by atoms with van der Waals surface area (Å²) in [5, 5.41) is 3.25. The fourth-order valence-corrected chi connectivity index (χ4v) is 3.26. The van der Waals surface area contributed by atoms with Crippen molar-refractivity contribution >= 4 is 12.4 Å². The van der Waals surface area contributed by atoms with Crippen molar-refractivity contribution in [3.63, 3.8) is 0 Å². The van der Waals surface area contributed by atoms with Gasteiger partial charge in [0.05, 0.1) is 0 Å². The second kappa shape index (κ2) is 9.97. The first-order valence-electron chi connectivity index (χ1n) is 8.86. The summed E-state index contributed by atoms with van der Waals surface area (Å²) in [6, 6.07) is 16.5. The van der Waals surface area contributed by atoms with Gasteiger partial charge in [0, 0.05) is 38.6 Å². The highest BCUT2D eigenvalue weighted by atomic mass is 35.5. The molecule has 1 heterocycles. The number of piperazine rings is 1. The van der Waals surface area contributed by atoms with Gasteiger partial charge in [-0.05, 0) is 36.2 Å². The molecule has 7 heteroatoms. The topological polar surface area (TPSA) is 24.5 Å². The minimum absolute atomic E-state index is 0. The molecular formula is C20H24ClF3N2O. The van der Waals surface area contributed by atoms with Crippen LogP contribution in [0, 0.1) is 0 Å². The molecule has 2 aromatic rings. The summed E-state index contributed by atoms with van der Waals surface area (Å²) in [6.07, 6.45) is -4.88. The average molecular weight is 401 g/mol. The fourth-order valence-electron chi connectivity index (χ4n) is 3.26. The lowest BCUT2D eigenvalue weighted by Gasteiger charge is -2.35. The molecule has 0 aliphatic carbocycles. The number of para-hydroxylation sites is 1. The van der Waals surface area contributed by atoms with E-state index >= 15 is 0 Å². The third-order valence-electron chi connectivity index (χ3n) is 4.52. The van der Waals surface area contributed by atoms with Gasteiger partial charge in [-0.3, -0.25) is 4.90 Å². The minimum atomic E-state index is -4.15. The fraction of sp³-hybridized carbons (Fsp3) is 0.400. The van der Waals surface area contributed by atoms with Crippen molar-refractivity contribution in [1.82, 2.24) is 10.2 Å². The zero-order valence-electron chi connectivity index (χ0n) is 14.9. The van der Waals surface area contributed by atoms with Gasteiger partial charge in [-0.1, -0.05) is 30.3 Å². The number of nitrogens with one attached hydrogen (secondary N) is 1. The van der Waals surface area contributed by atoms with Gasteiger partial charge in [-0.25, -0.2) is 0 Å². The molecule has 27 heavy (non-hydrogen) atoms. The van der Waals surface area contributed by atoms with E-state index in [-0.39, 0.29) is 24.9 Å². The van der Waals surface area contributed by atoms with Crippen molar-refractivity contribution in [2.75, 3.05) is 26.2 Å². The van der Waals surface area contributed by atoms with Crippen molar-refractivity contribution < 1.29 is 17.9 Å². The summed E-state index contributed by atoms with van der Waals surface area (Å²) < 4.78 is 44.3. The van der Waals surface area contributed by atoms with Crippen molar-refractivity contribution in [3.05, 3.63) is 60.2 Å². The quantitative estimate of drug-likeness (QED) is 0.722. The largest absolute Gasteiger partial charge is 0.457 e. The SMILES string of the molecule is Cl.FC(F)(F)CC[C@@H](c1cccc(Oc2ccccc2)c1)N1CCNCC1. The summed E-state index contributed by atoms with van der Waals surface area (Å²) in [6.45, 7) is 3.07. The summed E-state index contributed by atoms with van der Waals surface area (Å²) >= 11 is 0. The number of benzene rings is 2. The summed E-state index contributed by atoms with van der Waals surface area (Å²) in [5.74, 6) is 1.35. The van der Waals surface area contributed by atoms with Crippen LogP contribution in [-0.4, -0.2) is 37.3 Å². The van der Waals surface area contributed by atoms with Gasteiger partial charge < -0.3 is 10.1 Å². The Labute approximate surface area is 163 Å². The number of ether oxygens (including phenoxy) is 1. The van der Waals surface area contributed by atoms with Crippen molar-refractivity contribution in [2.24, 2.45) is 0 Å². The Morgan fingerprint density at radius 2 is 1.63 bits per heavy atom. The lowest BCUT2D eigenvalue weighted by Crippen LogP contribution is -2.45. The van der Waals surface area contributed by atoms with Crippen LogP contribution < -0.4 is 10.1 Å². The Morgan fingerprint density at radius 1 is 0.963 bits per heavy atom. The van der Waals surface area contributed by atoms with E-state index in [4.69, 9.17) is 4.74 Å². The molecule has 0 radical (unpaired) electrons. The highest BCUT2D eigenvalue weighted by Crippen LogP contribution is 2.33. The molecule has 1 aliphatic heterocycles. The van der Waals surface area contributed by atoms with Crippen LogP contribution >= 0.6 is 12.4 Å². The lowest BCUT2D eigenvalue weighted by atomic mass is 9.99. The predicted molar refractivity (Wildman–Crippen MR) is 103 cm³/mol. The van der Waals surface area contributed by atoms with E-state index < -0.39 is 12.6 Å². The first-order valence-corrected chi connectivity index (χ1v) is 8.86. The highest BCUT2D eigenvalue weighted by Gasteiger charge is 2.31. The molecule has 1 aliphatic rings. The third-order valence-corrected chi connectivity index (χ3v) is 4.52. The first-order chi connectivity index (χ1) is 12.5. The van der Waals surface area contributed by atoms with Crippen LogP contribution in [0.4, 0.5) is 13.2 Å². The Bertz CT molecular complexity index is 691. The monoisotopic (exact) mass is 400 g/mol. The van der Waals surface area contributed by atoms with Crippen LogP contribution in [0.25, 0.3) is 0 Å². The van der Waals surface area contributed by atoms with E-state index in [0.717, 1.165) is 31.7 Å².